The zero-order valence-electron chi connectivity index (χ0n) is 11.6. The van der Waals surface area contributed by atoms with Crippen molar-refractivity contribution in [2.45, 2.75) is 45.6 Å². The van der Waals surface area contributed by atoms with E-state index in [1.807, 2.05) is 6.07 Å². The first kappa shape index (κ1) is 15.0. The van der Waals surface area contributed by atoms with Crippen LogP contribution >= 0.6 is 0 Å². The van der Waals surface area contributed by atoms with Crippen LogP contribution in [-0.2, 0) is 0 Å². The van der Waals surface area contributed by atoms with Crippen LogP contribution in [0.5, 0.6) is 5.75 Å². The largest absolute Gasteiger partial charge is 0.493 e. The lowest BCUT2D eigenvalue weighted by atomic mass is 9.93. The van der Waals surface area contributed by atoms with Crippen LogP contribution in [0.2, 0.25) is 0 Å². The number of nitrogens with two attached hydrogens (primary N) is 1. The first-order chi connectivity index (χ1) is 8.58. The van der Waals surface area contributed by atoms with E-state index in [9.17, 15) is 5.11 Å². The average molecular weight is 251 g/mol. The van der Waals surface area contributed by atoms with E-state index in [1.54, 1.807) is 0 Å². The number of hydrogen-bond donors (Lipinski definition) is 2. The quantitative estimate of drug-likeness (QED) is 0.783. The Bertz CT molecular complexity index is 366. The van der Waals surface area contributed by atoms with E-state index in [4.69, 9.17) is 10.5 Å². The number of ether oxygens (including phenoxy) is 1. The van der Waals surface area contributed by atoms with Crippen molar-refractivity contribution in [3.63, 3.8) is 0 Å². The highest BCUT2D eigenvalue weighted by Gasteiger charge is 2.15. The van der Waals surface area contributed by atoms with Crippen molar-refractivity contribution < 1.29 is 9.84 Å². The van der Waals surface area contributed by atoms with Crippen LogP contribution in [0.4, 0.5) is 0 Å². The minimum Gasteiger partial charge on any atom is -0.493 e. The van der Waals surface area contributed by atoms with Crippen LogP contribution in [0.3, 0.4) is 0 Å². The number of rotatable bonds is 7. The van der Waals surface area contributed by atoms with Crippen LogP contribution in [-0.4, -0.2) is 24.4 Å². The number of aliphatic hydroxyl groups is 1. The SMILES string of the molecule is CCCOc1ccc(C)cc1C(C)CC(O)CN. The molecule has 3 heteroatoms. The fraction of sp³-hybridized carbons (Fsp3) is 0.600. The molecule has 0 heterocycles. The molecule has 0 aliphatic carbocycles. The smallest absolute Gasteiger partial charge is 0.122 e. The number of hydrogen-bond acceptors (Lipinski definition) is 3. The van der Waals surface area contributed by atoms with Gasteiger partial charge in [-0.1, -0.05) is 31.5 Å². The molecule has 0 saturated carbocycles. The predicted octanol–water partition coefficient (Wildman–Crippen LogP) is 2.60. The van der Waals surface area contributed by atoms with Gasteiger partial charge in [0.15, 0.2) is 0 Å². The Balaban J connectivity index is 2.86. The zero-order valence-corrected chi connectivity index (χ0v) is 11.6. The molecule has 0 aliphatic rings. The molecule has 0 bridgehead atoms. The summed E-state index contributed by atoms with van der Waals surface area (Å²) in [6.07, 6.45) is 1.22. The van der Waals surface area contributed by atoms with Crippen molar-refractivity contribution in [2.75, 3.05) is 13.2 Å². The normalized spacial score (nSPS) is 14.3. The summed E-state index contributed by atoms with van der Waals surface area (Å²) in [7, 11) is 0. The van der Waals surface area contributed by atoms with E-state index in [-0.39, 0.29) is 5.92 Å². The van der Waals surface area contributed by atoms with Gasteiger partial charge < -0.3 is 15.6 Å². The molecule has 1 aromatic rings. The van der Waals surface area contributed by atoms with E-state index < -0.39 is 6.10 Å². The number of benzene rings is 1. The predicted molar refractivity (Wildman–Crippen MR) is 75.1 cm³/mol. The molecule has 3 N–H and O–H groups in total. The second kappa shape index (κ2) is 7.39. The molecule has 102 valence electrons. The molecule has 1 rings (SSSR count). The first-order valence-electron chi connectivity index (χ1n) is 6.70. The molecule has 0 amide bonds. The Morgan fingerprint density at radius 2 is 2.11 bits per heavy atom. The van der Waals surface area contributed by atoms with Gasteiger partial charge in [-0.15, -0.1) is 0 Å². The molecule has 0 fully saturated rings. The van der Waals surface area contributed by atoms with Gasteiger partial charge in [-0.2, -0.15) is 0 Å². The summed E-state index contributed by atoms with van der Waals surface area (Å²) >= 11 is 0. The monoisotopic (exact) mass is 251 g/mol. The van der Waals surface area contributed by atoms with Crippen molar-refractivity contribution in [3.05, 3.63) is 29.3 Å². The Kier molecular flexibility index (Phi) is 6.16. The van der Waals surface area contributed by atoms with Crippen LogP contribution in [0.25, 0.3) is 0 Å². The molecule has 3 nitrogen and oxygen atoms in total. The van der Waals surface area contributed by atoms with Crippen molar-refractivity contribution in [3.8, 4) is 5.75 Å². The Hall–Kier alpha value is -1.06. The summed E-state index contributed by atoms with van der Waals surface area (Å²) in [5, 5.41) is 9.66. The highest BCUT2D eigenvalue weighted by molar-refractivity contribution is 5.39. The molecule has 1 aromatic carbocycles. The number of aliphatic hydroxyl groups excluding tert-OH is 1. The molecular formula is C15H25NO2. The summed E-state index contributed by atoms with van der Waals surface area (Å²) in [4.78, 5) is 0. The topological polar surface area (TPSA) is 55.5 Å². The molecule has 18 heavy (non-hydrogen) atoms. The molecule has 0 saturated heterocycles. The number of aryl methyl sites for hydroxylation is 1. The third kappa shape index (κ3) is 4.31. The minimum atomic E-state index is -0.445. The maximum Gasteiger partial charge on any atom is 0.122 e. The van der Waals surface area contributed by atoms with Gasteiger partial charge in [0.1, 0.15) is 5.75 Å². The Morgan fingerprint density at radius 1 is 1.39 bits per heavy atom. The summed E-state index contributed by atoms with van der Waals surface area (Å²) < 4.78 is 5.76. The molecule has 0 radical (unpaired) electrons. The van der Waals surface area contributed by atoms with Crippen LogP contribution in [0.1, 0.15) is 43.7 Å². The van der Waals surface area contributed by atoms with Gasteiger partial charge in [0.25, 0.3) is 0 Å². The Labute approximate surface area is 110 Å². The van der Waals surface area contributed by atoms with Crippen molar-refractivity contribution in [2.24, 2.45) is 5.73 Å². The second-order valence-corrected chi connectivity index (χ2v) is 4.92. The van der Waals surface area contributed by atoms with Gasteiger partial charge in [0.05, 0.1) is 12.7 Å². The van der Waals surface area contributed by atoms with E-state index >= 15 is 0 Å². The summed E-state index contributed by atoms with van der Waals surface area (Å²) in [6.45, 7) is 7.30. The van der Waals surface area contributed by atoms with Crippen molar-refractivity contribution >= 4 is 0 Å². The molecule has 2 unspecified atom stereocenters. The Morgan fingerprint density at radius 3 is 2.72 bits per heavy atom. The minimum absolute atomic E-state index is 0.246. The summed E-state index contributed by atoms with van der Waals surface area (Å²) in [5.74, 6) is 1.18. The standard InChI is InChI=1S/C15H25NO2/c1-4-7-18-15-6-5-11(2)8-14(15)12(3)9-13(17)10-16/h5-6,8,12-13,17H,4,7,9-10,16H2,1-3H3. The van der Waals surface area contributed by atoms with E-state index in [0.717, 1.165) is 24.3 Å². The second-order valence-electron chi connectivity index (χ2n) is 4.92. The van der Waals surface area contributed by atoms with Gasteiger partial charge in [-0.3, -0.25) is 0 Å². The third-order valence-electron chi connectivity index (χ3n) is 3.06. The highest BCUT2D eigenvalue weighted by Crippen LogP contribution is 2.30. The summed E-state index contributed by atoms with van der Waals surface area (Å²) in [5.41, 5.74) is 7.84. The average Bonchev–Trinajstić information content (AvgIpc) is 2.36. The lowest BCUT2D eigenvalue weighted by Gasteiger charge is -2.19. The van der Waals surface area contributed by atoms with Crippen molar-refractivity contribution in [1.29, 1.82) is 0 Å². The van der Waals surface area contributed by atoms with Crippen LogP contribution < -0.4 is 10.5 Å². The molecule has 0 spiro atoms. The fourth-order valence-corrected chi connectivity index (χ4v) is 2.03. The maximum atomic E-state index is 9.66. The molecule has 2 atom stereocenters. The zero-order chi connectivity index (χ0) is 13.5. The molecular weight excluding hydrogens is 226 g/mol. The van der Waals surface area contributed by atoms with E-state index in [1.165, 1.54) is 5.56 Å². The lowest BCUT2D eigenvalue weighted by molar-refractivity contribution is 0.164. The maximum absolute atomic E-state index is 9.66. The summed E-state index contributed by atoms with van der Waals surface area (Å²) in [6, 6.07) is 6.21. The molecule has 0 aliphatic heterocycles. The van der Waals surface area contributed by atoms with Crippen molar-refractivity contribution in [1.82, 2.24) is 0 Å². The van der Waals surface area contributed by atoms with Gasteiger partial charge in [0.2, 0.25) is 0 Å². The third-order valence-corrected chi connectivity index (χ3v) is 3.06. The van der Waals surface area contributed by atoms with Gasteiger partial charge in [-0.05, 0) is 37.3 Å². The van der Waals surface area contributed by atoms with Crippen LogP contribution in [0, 0.1) is 6.92 Å². The highest BCUT2D eigenvalue weighted by atomic mass is 16.5. The van der Waals surface area contributed by atoms with E-state index in [0.29, 0.717) is 13.0 Å². The lowest BCUT2D eigenvalue weighted by Crippen LogP contribution is -2.21. The van der Waals surface area contributed by atoms with Gasteiger partial charge in [-0.25, -0.2) is 0 Å². The van der Waals surface area contributed by atoms with Gasteiger partial charge in [0, 0.05) is 6.54 Å². The molecule has 0 aromatic heterocycles. The van der Waals surface area contributed by atoms with E-state index in [2.05, 4.69) is 32.9 Å². The van der Waals surface area contributed by atoms with Gasteiger partial charge >= 0.3 is 0 Å². The fourth-order valence-electron chi connectivity index (χ4n) is 2.03. The first-order valence-corrected chi connectivity index (χ1v) is 6.70. The van der Waals surface area contributed by atoms with Crippen LogP contribution in [0.15, 0.2) is 18.2 Å².